The van der Waals surface area contributed by atoms with Crippen molar-refractivity contribution in [1.29, 1.82) is 0 Å². The first kappa shape index (κ1) is 13.2. The van der Waals surface area contributed by atoms with Gasteiger partial charge >= 0.3 is 5.97 Å². The molecule has 0 spiro atoms. The molecule has 0 radical (unpaired) electrons. The number of hydrogen-bond acceptors (Lipinski definition) is 3. The fourth-order valence-electron chi connectivity index (χ4n) is 1.40. The molecule has 0 bridgehead atoms. The zero-order chi connectivity index (χ0) is 12.7. The summed E-state index contributed by atoms with van der Waals surface area (Å²) in [6, 6.07) is 7.65. The van der Waals surface area contributed by atoms with E-state index >= 15 is 0 Å². The summed E-state index contributed by atoms with van der Waals surface area (Å²) in [4.78, 5) is 22.6. The second-order valence-corrected chi connectivity index (χ2v) is 3.60. The van der Waals surface area contributed by atoms with Crippen LogP contribution < -0.4 is 10.6 Å². The van der Waals surface area contributed by atoms with Crippen molar-refractivity contribution >= 4 is 11.9 Å². The molecule has 17 heavy (non-hydrogen) atoms. The molecule has 5 heteroatoms. The first-order chi connectivity index (χ1) is 8.15. The van der Waals surface area contributed by atoms with Crippen molar-refractivity contribution in [2.24, 2.45) is 0 Å². The molecular formula is C12H16N2O3. The fourth-order valence-corrected chi connectivity index (χ4v) is 1.40. The van der Waals surface area contributed by atoms with Crippen molar-refractivity contribution in [3.05, 3.63) is 35.9 Å². The van der Waals surface area contributed by atoms with Gasteiger partial charge in [0.25, 0.3) is 0 Å². The lowest BCUT2D eigenvalue weighted by molar-refractivity contribution is -0.142. The number of hydrogen-bond donors (Lipinski definition) is 3. The zero-order valence-electron chi connectivity index (χ0n) is 9.64. The van der Waals surface area contributed by atoms with Gasteiger partial charge in [0, 0.05) is 13.0 Å². The van der Waals surface area contributed by atoms with E-state index in [1.807, 2.05) is 0 Å². The molecule has 0 aliphatic heterocycles. The van der Waals surface area contributed by atoms with Crippen molar-refractivity contribution in [2.75, 3.05) is 13.6 Å². The maximum Gasteiger partial charge on any atom is 0.330 e. The predicted molar refractivity (Wildman–Crippen MR) is 63.5 cm³/mol. The van der Waals surface area contributed by atoms with Gasteiger partial charge in [-0.1, -0.05) is 30.3 Å². The highest BCUT2D eigenvalue weighted by molar-refractivity contribution is 5.84. The van der Waals surface area contributed by atoms with Crippen LogP contribution in [0.4, 0.5) is 0 Å². The number of amides is 1. The van der Waals surface area contributed by atoms with Crippen molar-refractivity contribution in [3.8, 4) is 0 Å². The van der Waals surface area contributed by atoms with E-state index in [1.54, 1.807) is 37.4 Å². The van der Waals surface area contributed by atoms with Gasteiger partial charge in [-0.25, -0.2) is 4.79 Å². The van der Waals surface area contributed by atoms with Gasteiger partial charge < -0.3 is 15.7 Å². The van der Waals surface area contributed by atoms with Crippen LogP contribution in [0.3, 0.4) is 0 Å². The Bertz CT molecular complexity index is 379. The maximum absolute atomic E-state index is 11.5. The Hall–Kier alpha value is -1.88. The second kappa shape index (κ2) is 6.65. The number of rotatable bonds is 6. The third kappa shape index (κ3) is 4.24. The molecule has 1 aromatic carbocycles. The lowest BCUT2D eigenvalue weighted by Gasteiger charge is -2.14. The number of nitrogens with one attached hydrogen (secondary N) is 2. The van der Waals surface area contributed by atoms with Gasteiger partial charge in [0.2, 0.25) is 5.91 Å². The third-order valence-corrected chi connectivity index (χ3v) is 2.29. The van der Waals surface area contributed by atoms with Crippen LogP contribution in [0.15, 0.2) is 30.3 Å². The van der Waals surface area contributed by atoms with Gasteiger partial charge in [-0.05, 0) is 12.6 Å². The minimum absolute atomic E-state index is 0.257. The lowest BCUT2D eigenvalue weighted by Crippen LogP contribution is -2.34. The standard InChI is InChI=1S/C12H16N2O3/c1-13-8-7-10(15)14-11(12(16)17)9-5-3-2-4-6-9/h2-6,11,13H,7-8H2,1H3,(H,14,15)(H,16,17)/t11-/m1/s1. The molecule has 1 atom stereocenters. The number of aliphatic carboxylic acids is 1. The third-order valence-electron chi connectivity index (χ3n) is 2.29. The van der Waals surface area contributed by atoms with Gasteiger partial charge in [0.1, 0.15) is 0 Å². The van der Waals surface area contributed by atoms with Crippen LogP contribution in [-0.2, 0) is 9.59 Å². The van der Waals surface area contributed by atoms with E-state index in [2.05, 4.69) is 10.6 Å². The minimum atomic E-state index is -1.06. The largest absolute Gasteiger partial charge is 0.479 e. The van der Waals surface area contributed by atoms with E-state index in [1.165, 1.54) is 0 Å². The highest BCUT2D eigenvalue weighted by atomic mass is 16.4. The monoisotopic (exact) mass is 236 g/mol. The zero-order valence-corrected chi connectivity index (χ0v) is 9.64. The van der Waals surface area contributed by atoms with Crippen LogP contribution in [0.25, 0.3) is 0 Å². The molecule has 0 aliphatic carbocycles. The summed E-state index contributed by atoms with van der Waals surface area (Å²) in [7, 11) is 1.74. The Kier molecular flexibility index (Phi) is 5.16. The lowest BCUT2D eigenvalue weighted by atomic mass is 10.1. The molecule has 0 fully saturated rings. The first-order valence-electron chi connectivity index (χ1n) is 5.37. The predicted octanol–water partition coefficient (Wildman–Crippen LogP) is 0.538. The van der Waals surface area contributed by atoms with Crippen LogP contribution in [0.1, 0.15) is 18.0 Å². The van der Waals surface area contributed by atoms with Crippen molar-refractivity contribution in [3.63, 3.8) is 0 Å². The van der Waals surface area contributed by atoms with Crippen LogP contribution in [-0.4, -0.2) is 30.6 Å². The molecular weight excluding hydrogens is 220 g/mol. The smallest absolute Gasteiger partial charge is 0.330 e. The van der Waals surface area contributed by atoms with E-state index < -0.39 is 12.0 Å². The minimum Gasteiger partial charge on any atom is -0.479 e. The second-order valence-electron chi connectivity index (χ2n) is 3.60. The average molecular weight is 236 g/mol. The summed E-state index contributed by atoms with van der Waals surface area (Å²) >= 11 is 0. The molecule has 5 nitrogen and oxygen atoms in total. The molecule has 1 aromatic rings. The summed E-state index contributed by atoms with van der Waals surface area (Å²) in [5.74, 6) is -1.34. The highest BCUT2D eigenvalue weighted by Gasteiger charge is 2.21. The van der Waals surface area contributed by atoms with E-state index in [9.17, 15) is 9.59 Å². The molecule has 3 N–H and O–H groups in total. The van der Waals surface area contributed by atoms with Crippen molar-refractivity contribution in [2.45, 2.75) is 12.5 Å². The Labute approximate surface area is 99.8 Å². The topological polar surface area (TPSA) is 78.4 Å². The molecule has 0 saturated carbocycles. The van der Waals surface area contributed by atoms with E-state index in [-0.39, 0.29) is 12.3 Å². The molecule has 0 saturated heterocycles. The van der Waals surface area contributed by atoms with Gasteiger partial charge in [-0.3, -0.25) is 4.79 Å². The van der Waals surface area contributed by atoms with Crippen molar-refractivity contribution < 1.29 is 14.7 Å². The number of carboxylic acids is 1. The molecule has 0 aromatic heterocycles. The highest BCUT2D eigenvalue weighted by Crippen LogP contribution is 2.12. The van der Waals surface area contributed by atoms with E-state index in [0.29, 0.717) is 12.1 Å². The fraction of sp³-hybridized carbons (Fsp3) is 0.333. The van der Waals surface area contributed by atoms with Crippen LogP contribution in [0.2, 0.25) is 0 Å². The van der Waals surface area contributed by atoms with E-state index in [0.717, 1.165) is 0 Å². The molecule has 0 unspecified atom stereocenters. The molecule has 0 aliphatic rings. The van der Waals surface area contributed by atoms with Crippen LogP contribution >= 0.6 is 0 Å². The number of carboxylic acid groups (broad SMARTS) is 1. The number of benzene rings is 1. The SMILES string of the molecule is CNCCC(=O)N[C@@H](C(=O)O)c1ccccc1. The van der Waals surface area contributed by atoms with Gasteiger partial charge in [-0.15, -0.1) is 0 Å². The summed E-state index contributed by atoms with van der Waals surface area (Å²) in [6.07, 6.45) is 0.257. The van der Waals surface area contributed by atoms with Gasteiger partial charge in [0.05, 0.1) is 0 Å². The Balaban J connectivity index is 2.68. The van der Waals surface area contributed by atoms with E-state index in [4.69, 9.17) is 5.11 Å². The summed E-state index contributed by atoms with van der Waals surface area (Å²) < 4.78 is 0. The quantitative estimate of drug-likeness (QED) is 0.673. The Morgan fingerprint density at radius 3 is 2.47 bits per heavy atom. The number of carbonyl (C=O) groups is 2. The normalized spacial score (nSPS) is 11.8. The molecule has 1 rings (SSSR count). The first-order valence-corrected chi connectivity index (χ1v) is 5.37. The maximum atomic E-state index is 11.5. The van der Waals surface area contributed by atoms with Gasteiger partial charge in [0.15, 0.2) is 6.04 Å². The van der Waals surface area contributed by atoms with Gasteiger partial charge in [-0.2, -0.15) is 0 Å². The summed E-state index contributed by atoms with van der Waals surface area (Å²) in [5, 5.41) is 14.4. The molecule has 1 amide bonds. The Morgan fingerprint density at radius 1 is 1.29 bits per heavy atom. The summed E-state index contributed by atoms with van der Waals surface area (Å²) in [6.45, 7) is 0.521. The van der Waals surface area contributed by atoms with Crippen molar-refractivity contribution in [1.82, 2.24) is 10.6 Å². The molecule has 92 valence electrons. The van der Waals surface area contributed by atoms with Crippen LogP contribution in [0, 0.1) is 0 Å². The van der Waals surface area contributed by atoms with Crippen LogP contribution in [0.5, 0.6) is 0 Å². The Morgan fingerprint density at radius 2 is 1.94 bits per heavy atom. The number of carbonyl (C=O) groups excluding carboxylic acids is 1. The summed E-state index contributed by atoms with van der Waals surface area (Å²) in [5.41, 5.74) is 0.567. The average Bonchev–Trinajstić information content (AvgIpc) is 2.34. The molecule has 0 heterocycles.